The number of rotatable bonds is 7. The van der Waals surface area contributed by atoms with E-state index >= 15 is 0 Å². The highest BCUT2D eigenvalue weighted by molar-refractivity contribution is 5.98. The molecule has 7 nitrogen and oxygen atoms in total. The van der Waals surface area contributed by atoms with Gasteiger partial charge in [0.1, 0.15) is 5.69 Å². The van der Waals surface area contributed by atoms with Gasteiger partial charge in [-0.3, -0.25) is 9.59 Å². The van der Waals surface area contributed by atoms with Gasteiger partial charge in [0.15, 0.2) is 0 Å². The highest BCUT2D eigenvalue weighted by Gasteiger charge is 2.27. The van der Waals surface area contributed by atoms with Crippen LogP contribution in [0.4, 0.5) is 0 Å². The Balaban J connectivity index is 1.73. The Morgan fingerprint density at radius 1 is 1.37 bits per heavy atom. The van der Waals surface area contributed by atoms with E-state index in [2.05, 4.69) is 15.6 Å². The minimum absolute atomic E-state index is 0.0237. The van der Waals surface area contributed by atoms with Crippen LogP contribution in [0.1, 0.15) is 30.3 Å². The van der Waals surface area contributed by atoms with Gasteiger partial charge in [0, 0.05) is 35.5 Å². The highest BCUT2D eigenvalue weighted by Crippen LogP contribution is 2.18. The maximum Gasteiger partial charge on any atom is 0.330 e. The van der Waals surface area contributed by atoms with E-state index < -0.39 is 12.0 Å². The zero-order valence-corrected chi connectivity index (χ0v) is 15.2. The molecule has 0 radical (unpaired) electrons. The summed E-state index contributed by atoms with van der Waals surface area (Å²) < 4.78 is 4.89. The minimum Gasteiger partial charge on any atom is -0.463 e. The van der Waals surface area contributed by atoms with Gasteiger partial charge in [0.2, 0.25) is 5.91 Å². The molecule has 7 heteroatoms. The van der Waals surface area contributed by atoms with Crippen molar-refractivity contribution in [3.05, 3.63) is 48.2 Å². The molecule has 1 fully saturated rings. The zero-order chi connectivity index (χ0) is 19.2. The quantitative estimate of drug-likeness (QED) is 0.513. The number of benzene rings is 1. The normalized spacial score (nSPS) is 17.8. The third kappa shape index (κ3) is 4.75. The maximum atomic E-state index is 12.7. The number of H-pyrrole nitrogens is 1. The third-order valence-electron chi connectivity index (χ3n) is 4.54. The van der Waals surface area contributed by atoms with Crippen molar-refractivity contribution < 1.29 is 19.1 Å². The van der Waals surface area contributed by atoms with Gasteiger partial charge in [-0.15, -0.1) is 0 Å². The molecule has 0 unspecified atom stereocenters. The van der Waals surface area contributed by atoms with Crippen molar-refractivity contribution in [1.29, 1.82) is 0 Å². The van der Waals surface area contributed by atoms with Crippen LogP contribution in [0.2, 0.25) is 0 Å². The molecule has 1 saturated heterocycles. The molecule has 3 rings (SSSR count). The van der Waals surface area contributed by atoms with E-state index in [1.54, 1.807) is 19.1 Å². The number of esters is 1. The molecule has 1 aromatic carbocycles. The molecule has 2 heterocycles. The number of aromatic nitrogens is 1. The largest absolute Gasteiger partial charge is 0.463 e. The van der Waals surface area contributed by atoms with Gasteiger partial charge in [-0.2, -0.15) is 0 Å². The summed E-state index contributed by atoms with van der Waals surface area (Å²) in [6, 6.07) is 8.93. The molecule has 3 N–H and O–H groups in total. The Morgan fingerprint density at radius 2 is 2.19 bits per heavy atom. The van der Waals surface area contributed by atoms with Crippen molar-refractivity contribution in [1.82, 2.24) is 15.6 Å². The van der Waals surface area contributed by atoms with Crippen LogP contribution >= 0.6 is 0 Å². The van der Waals surface area contributed by atoms with Crippen LogP contribution in [0.25, 0.3) is 10.9 Å². The number of ether oxygens (including phenoxy) is 1. The number of hydrogen-bond donors (Lipinski definition) is 3. The second-order valence-electron chi connectivity index (χ2n) is 6.47. The number of fused-ring (bicyclic) bond motifs is 1. The van der Waals surface area contributed by atoms with Gasteiger partial charge >= 0.3 is 5.97 Å². The molecular weight excluding hydrogens is 346 g/mol. The summed E-state index contributed by atoms with van der Waals surface area (Å²) in [7, 11) is 0. The lowest BCUT2D eigenvalue weighted by Crippen LogP contribution is -2.36. The monoisotopic (exact) mass is 369 g/mol. The van der Waals surface area contributed by atoms with Gasteiger partial charge in [-0.05, 0) is 31.9 Å². The number of carbonyl (C=O) groups is 3. The molecule has 0 saturated carbocycles. The zero-order valence-electron chi connectivity index (χ0n) is 15.2. The maximum absolute atomic E-state index is 12.7. The number of hydrogen-bond acceptors (Lipinski definition) is 4. The number of para-hydroxylation sites is 1. The van der Waals surface area contributed by atoms with E-state index in [9.17, 15) is 14.4 Å². The van der Waals surface area contributed by atoms with E-state index in [1.807, 2.05) is 24.3 Å². The van der Waals surface area contributed by atoms with Crippen LogP contribution in [0.5, 0.6) is 0 Å². The first kappa shape index (κ1) is 18.7. The molecule has 2 atom stereocenters. The Hall–Kier alpha value is -3.09. The average molecular weight is 369 g/mol. The lowest BCUT2D eigenvalue weighted by Gasteiger charge is -2.17. The van der Waals surface area contributed by atoms with Crippen molar-refractivity contribution in [3.8, 4) is 0 Å². The molecule has 1 aliphatic rings. The SMILES string of the molecule is CCOC(=O)/C=C/[C@H](C[C@@H]1CCNC1=O)NC(=O)c1cc2ccccc2[nH]1. The van der Waals surface area contributed by atoms with Crippen molar-refractivity contribution in [3.63, 3.8) is 0 Å². The molecule has 0 spiro atoms. The molecule has 1 aromatic heterocycles. The Bertz CT molecular complexity index is 838. The van der Waals surface area contributed by atoms with Crippen LogP contribution in [0.15, 0.2) is 42.5 Å². The molecular formula is C20H23N3O4. The van der Waals surface area contributed by atoms with Gasteiger partial charge in [-0.25, -0.2) is 4.79 Å². The molecule has 0 aliphatic carbocycles. The lowest BCUT2D eigenvalue weighted by molar-refractivity contribution is -0.137. The van der Waals surface area contributed by atoms with Gasteiger partial charge in [0.05, 0.1) is 6.61 Å². The smallest absolute Gasteiger partial charge is 0.330 e. The predicted molar refractivity (Wildman–Crippen MR) is 101 cm³/mol. The van der Waals surface area contributed by atoms with E-state index in [0.29, 0.717) is 25.1 Å². The van der Waals surface area contributed by atoms with E-state index in [4.69, 9.17) is 4.74 Å². The van der Waals surface area contributed by atoms with Crippen LogP contribution in [-0.2, 0) is 14.3 Å². The first-order valence-electron chi connectivity index (χ1n) is 9.08. The van der Waals surface area contributed by atoms with Gasteiger partial charge in [0.25, 0.3) is 5.91 Å². The summed E-state index contributed by atoms with van der Waals surface area (Å²) in [4.78, 5) is 39.2. The fourth-order valence-electron chi connectivity index (χ4n) is 3.19. The first-order chi connectivity index (χ1) is 13.1. The number of amides is 2. The highest BCUT2D eigenvalue weighted by atomic mass is 16.5. The number of nitrogens with one attached hydrogen (secondary N) is 3. The molecule has 2 amide bonds. The summed E-state index contributed by atoms with van der Waals surface area (Å²) in [6.45, 7) is 2.64. The second kappa shape index (κ2) is 8.53. The fourth-order valence-corrected chi connectivity index (χ4v) is 3.19. The third-order valence-corrected chi connectivity index (χ3v) is 4.54. The average Bonchev–Trinajstić information content (AvgIpc) is 3.26. The van der Waals surface area contributed by atoms with Crippen LogP contribution in [0, 0.1) is 5.92 Å². The van der Waals surface area contributed by atoms with Gasteiger partial charge in [-0.1, -0.05) is 24.3 Å². The second-order valence-corrected chi connectivity index (χ2v) is 6.47. The number of carbonyl (C=O) groups excluding carboxylic acids is 3. The molecule has 0 bridgehead atoms. The van der Waals surface area contributed by atoms with Crippen LogP contribution in [-0.4, -0.2) is 42.0 Å². The molecule has 2 aromatic rings. The Morgan fingerprint density at radius 3 is 2.89 bits per heavy atom. The Labute approximate surface area is 157 Å². The van der Waals surface area contributed by atoms with Crippen molar-refractivity contribution in [2.45, 2.75) is 25.8 Å². The van der Waals surface area contributed by atoms with Crippen molar-refractivity contribution in [2.75, 3.05) is 13.2 Å². The van der Waals surface area contributed by atoms with Crippen LogP contribution in [0.3, 0.4) is 0 Å². The summed E-state index contributed by atoms with van der Waals surface area (Å²) in [6.07, 6.45) is 4.02. The topological polar surface area (TPSA) is 100 Å². The summed E-state index contributed by atoms with van der Waals surface area (Å²) in [5, 5.41) is 6.62. The Kier molecular flexibility index (Phi) is 5.90. The van der Waals surface area contributed by atoms with Gasteiger partial charge < -0.3 is 20.4 Å². The standard InChI is InChI=1S/C20H23N3O4/c1-2-27-18(24)8-7-15(11-14-9-10-21-19(14)25)22-20(26)17-12-13-5-3-4-6-16(13)23-17/h3-8,12,14-15,23H,2,9-11H2,1H3,(H,21,25)(H,22,26)/b8-7+/t14-,15+/m0/s1. The van der Waals surface area contributed by atoms with Crippen molar-refractivity contribution >= 4 is 28.7 Å². The molecule has 1 aliphatic heterocycles. The lowest BCUT2D eigenvalue weighted by atomic mass is 9.98. The van der Waals surface area contributed by atoms with Crippen LogP contribution < -0.4 is 10.6 Å². The summed E-state index contributed by atoms with van der Waals surface area (Å²) >= 11 is 0. The summed E-state index contributed by atoms with van der Waals surface area (Å²) in [5.74, 6) is -0.976. The minimum atomic E-state index is -0.474. The molecule has 142 valence electrons. The van der Waals surface area contributed by atoms with E-state index in [1.165, 1.54) is 6.08 Å². The predicted octanol–water partition coefficient (Wildman–Crippen LogP) is 1.91. The van der Waals surface area contributed by atoms with Crippen molar-refractivity contribution in [2.24, 2.45) is 5.92 Å². The summed E-state index contributed by atoms with van der Waals surface area (Å²) in [5.41, 5.74) is 1.30. The van der Waals surface area contributed by atoms with E-state index in [-0.39, 0.29) is 24.3 Å². The molecule has 27 heavy (non-hydrogen) atoms. The number of aromatic amines is 1. The first-order valence-corrected chi connectivity index (χ1v) is 9.08. The fraction of sp³-hybridized carbons (Fsp3) is 0.350. The van der Waals surface area contributed by atoms with E-state index in [0.717, 1.165) is 10.9 Å².